The molecule has 0 aliphatic rings. The first kappa shape index (κ1) is 32.6. The van der Waals surface area contributed by atoms with Crippen molar-refractivity contribution in [3.63, 3.8) is 0 Å². The van der Waals surface area contributed by atoms with Crippen molar-refractivity contribution in [2.45, 2.75) is 162 Å². The fraction of sp³-hybridized carbons (Fsp3) is 0.964. The number of rotatable bonds is 23. The Bertz CT molecular complexity index is 324. The molecule has 0 aliphatic carbocycles. The molecule has 0 unspecified atom stereocenters. The largest absolute Gasteiger partial charge is 0.481 e. The Balaban J connectivity index is 0. The second-order valence-electron chi connectivity index (χ2n) is 9.85. The molecule has 0 spiro atoms. The number of carboxylic acids is 1. The van der Waals surface area contributed by atoms with Crippen LogP contribution < -0.4 is 0 Å². The van der Waals surface area contributed by atoms with Gasteiger partial charge in [0.05, 0.1) is 0 Å². The van der Waals surface area contributed by atoms with Crippen molar-refractivity contribution < 1.29 is 15.0 Å². The maximum Gasteiger partial charge on any atom is 0.300 e. The first-order valence-electron chi connectivity index (χ1n) is 13.8. The van der Waals surface area contributed by atoms with Gasteiger partial charge in [0.15, 0.2) is 0 Å². The van der Waals surface area contributed by atoms with Crippen molar-refractivity contribution in [1.82, 2.24) is 0 Å². The van der Waals surface area contributed by atoms with Gasteiger partial charge >= 0.3 is 0 Å². The molecule has 0 atom stereocenters. The van der Waals surface area contributed by atoms with E-state index in [1.165, 1.54) is 135 Å². The summed E-state index contributed by atoms with van der Waals surface area (Å²) in [6.07, 6.45) is 31.2. The van der Waals surface area contributed by atoms with Crippen molar-refractivity contribution in [3.8, 4) is 0 Å². The molecule has 0 fully saturated rings. The van der Waals surface area contributed by atoms with Gasteiger partial charge in [0, 0.05) is 13.5 Å². The number of aliphatic hydroxyl groups is 1. The second kappa shape index (κ2) is 29.4. The zero-order valence-electron chi connectivity index (χ0n) is 21.6. The van der Waals surface area contributed by atoms with E-state index in [1.54, 1.807) is 0 Å². The molecule has 0 radical (unpaired) electrons. The lowest BCUT2D eigenvalue weighted by Gasteiger charge is -2.05. The van der Waals surface area contributed by atoms with E-state index in [4.69, 9.17) is 15.0 Å². The maximum absolute atomic E-state index is 9.00. The average molecular weight is 443 g/mol. The summed E-state index contributed by atoms with van der Waals surface area (Å²) < 4.78 is 0. The molecule has 188 valence electrons. The highest BCUT2D eigenvalue weighted by molar-refractivity contribution is 5.62. The molecule has 3 nitrogen and oxygen atoms in total. The van der Waals surface area contributed by atoms with Crippen LogP contribution in [0.4, 0.5) is 0 Å². The van der Waals surface area contributed by atoms with Crippen molar-refractivity contribution >= 4 is 5.97 Å². The normalized spacial score (nSPS) is 10.9. The van der Waals surface area contributed by atoms with Crippen LogP contribution in [0, 0.1) is 5.92 Å². The molecule has 3 heteroatoms. The third kappa shape index (κ3) is 40.3. The molecular formula is C28H58O3. The van der Waals surface area contributed by atoms with E-state index >= 15 is 0 Å². The summed E-state index contributed by atoms with van der Waals surface area (Å²) in [6.45, 7) is 6.13. The van der Waals surface area contributed by atoms with Crippen LogP contribution in [0.2, 0.25) is 0 Å². The summed E-state index contributed by atoms with van der Waals surface area (Å²) in [4.78, 5) is 9.00. The Morgan fingerprint density at radius 2 is 0.710 bits per heavy atom. The van der Waals surface area contributed by atoms with Crippen LogP contribution in [-0.2, 0) is 4.79 Å². The highest BCUT2D eigenvalue weighted by Crippen LogP contribution is 2.15. The van der Waals surface area contributed by atoms with Crippen LogP contribution in [-0.4, -0.2) is 22.8 Å². The van der Waals surface area contributed by atoms with E-state index in [0.717, 1.165) is 19.3 Å². The molecule has 0 bridgehead atoms. The third-order valence-electron chi connectivity index (χ3n) is 5.94. The highest BCUT2D eigenvalue weighted by atomic mass is 16.4. The van der Waals surface area contributed by atoms with Gasteiger partial charge in [-0.1, -0.05) is 149 Å². The first-order valence-corrected chi connectivity index (χ1v) is 13.8. The number of hydrogen-bond donors (Lipinski definition) is 2. The number of aliphatic carboxylic acids is 1. The van der Waals surface area contributed by atoms with E-state index in [0.29, 0.717) is 6.61 Å². The number of carboxylic acid groups (broad SMARTS) is 1. The lowest BCUT2D eigenvalue weighted by Crippen LogP contribution is -1.87. The van der Waals surface area contributed by atoms with E-state index in [9.17, 15) is 0 Å². The predicted octanol–water partition coefficient (Wildman–Crippen LogP) is 9.31. The molecule has 0 aliphatic heterocycles. The smallest absolute Gasteiger partial charge is 0.300 e. The molecule has 0 aromatic carbocycles. The SMILES string of the molecule is CC(=O)O.CC(C)CCCCCCCCCCCCCCCCCCCCCCCO. The number of carbonyl (C=O) groups is 1. The minimum atomic E-state index is -0.833. The minimum Gasteiger partial charge on any atom is -0.481 e. The lowest BCUT2D eigenvalue weighted by atomic mass is 10.0. The summed E-state index contributed by atoms with van der Waals surface area (Å²) in [5, 5.41) is 16.2. The lowest BCUT2D eigenvalue weighted by molar-refractivity contribution is -0.134. The molecule has 0 aromatic rings. The molecule has 0 aromatic heterocycles. The fourth-order valence-electron chi connectivity index (χ4n) is 4.02. The van der Waals surface area contributed by atoms with Crippen molar-refractivity contribution in [2.24, 2.45) is 5.92 Å². The van der Waals surface area contributed by atoms with Crippen LogP contribution in [0.3, 0.4) is 0 Å². The molecule has 0 rings (SSSR count). The van der Waals surface area contributed by atoms with Gasteiger partial charge < -0.3 is 10.2 Å². The zero-order chi connectivity index (χ0) is 23.4. The van der Waals surface area contributed by atoms with Gasteiger partial charge in [0.1, 0.15) is 0 Å². The number of unbranched alkanes of at least 4 members (excludes halogenated alkanes) is 20. The number of aliphatic hydroxyl groups excluding tert-OH is 1. The van der Waals surface area contributed by atoms with Gasteiger partial charge in [-0.2, -0.15) is 0 Å². The van der Waals surface area contributed by atoms with Gasteiger partial charge in [0.25, 0.3) is 5.97 Å². The average Bonchev–Trinajstić information content (AvgIpc) is 2.71. The summed E-state index contributed by atoms with van der Waals surface area (Å²) >= 11 is 0. The highest BCUT2D eigenvalue weighted by Gasteiger charge is 1.96. The van der Waals surface area contributed by atoms with E-state index in [2.05, 4.69) is 13.8 Å². The summed E-state index contributed by atoms with van der Waals surface area (Å²) in [7, 11) is 0. The predicted molar refractivity (Wildman–Crippen MR) is 137 cm³/mol. The molecule has 0 heterocycles. The number of hydrogen-bond acceptors (Lipinski definition) is 2. The van der Waals surface area contributed by atoms with Gasteiger partial charge in [-0.05, 0) is 12.3 Å². The Labute approximate surface area is 195 Å². The Hall–Kier alpha value is -0.570. The van der Waals surface area contributed by atoms with Gasteiger partial charge in [-0.15, -0.1) is 0 Å². The van der Waals surface area contributed by atoms with Crippen LogP contribution in [0.25, 0.3) is 0 Å². The summed E-state index contributed by atoms with van der Waals surface area (Å²) in [5.74, 6) is 0.0585. The Kier molecular flexibility index (Phi) is 31.0. The standard InChI is InChI=1S/C26H54O.C2H4O2/c1-26(2)24-22-20-18-16-14-12-10-8-6-4-3-5-7-9-11-13-15-17-19-21-23-25-27;1-2(3)4/h26-27H,3-25H2,1-2H3;1H3,(H,3,4). The second-order valence-corrected chi connectivity index (χ2v) is 9.85. The van der Waals surface area contributed by atoms with Gasteiger partial charge in [0.2, 0.25) is 0 Å². The molecule has 0 saturated carbocycles. The third-order valence-corrected chi connectivity index (χ3v) is 5.94. The monoisotopic (exact) mass is 442 g/mol. The van der Waals surface area contributed by atoms with Crippen molar-refractivity contribution in [2.75, 3.05) is 6.61 Å². The topological polar surface area (TPSA) is 57.5 Å². The van der Waals surface area contributed by atoms with E-state index < -0.39 is 5.97 Å². The zero-order valence-corrected chi connectivity index (χ0v) is 21.6. The summed E-state index contributed by atoms with van der Waals surface area (Å²) in [5.41, 5.74) is 0. The Morgan fingerprint density at radius 3 is 0.903 bits per heavy atom. The molecule has 31 heavy (non-hydrogen) atoms. The molecule has 0 amide bonds. The van der Waals surface area contributed by atoms with Crippen molar-refractivity contribution in [1.29, 1.82) is 0 Å². The quantitative estimate of drug-likeness (QED) is 0.155. The molecule has 2 N–H and O–H groups in total. The Morgan fingerprint density at radius 1 is 0.516 bits per heavy atom. The van der Waals surface area contributed by atoms with Crippen molar-refractivity contribution in [3.05, 3.63) is 0 Å². The van der Waals surface area contributed by atoms with Gasteiger partial charge in [-0.3, -0.25) is 4.79 Å². The first-order chi connectivity index (χ1) is 15.0. The summed E-state index contributed by atoms with van der Waals surface area (Å²) in [6, 6.07) is 0. The minimum absolute atomic E-state index is 0.374. The molecule has 0 saturated heterocycles. The fourth-order valence-corrected chi connectivity index (χ4v) is 4.02. The van der Waals surface area contributed by atoms with Crippen LogP contribution in [0.1, 0.15) is 162 Å². The van der Waals surface area contributed by atoms with Crippen LogP contribution >= 0.6 is 0 Å². The van der Waals surface area contributed by atoms with Crippen LogP contribution in [0.15, 0.2) is 0 Å². The van der Waals surface area contributed by atoms with E-state index in [-0.39, 0.29) is 0 Å². The van der Waals surface area contributed by atoms with Crippen LogP contribution in [0.5, 0.6) is 0 Å². The van der Waals surface area contributed by atoms with Gasteiger partial charge in [-0.25, -0.2) is 0 Å². The van der Waals surface area contributed by atoms with E-state index in [1.807, 2.05) is 0 Å². The maximum atomic E-state index is 9.00. The molecular weight excluding hydrogens is 384 g/mol.